The molecule has 0 amide bonds. The van der Waals surface area contributed by atoms with Crippen molar-refractivity contribution < 1.29 is 0 Å². The van der Waals surface area contributed by atoms with Crippen LogP contribution < -0.4 is 10.2 Å². The van der Waals surface area contributed by atoms with Gasteiger partial charge in [-0.3, -0.25) is 0 Å². The Hall–Kier alpha value is -2.59. The first kappa shape index (κ1) is 17.8. The Balaban J connectivity index is 1.52. The molecule has 3 aromatic rings. The van der Waals surface area contributed by atoms with E-state index in [2.05, 4.69) is 58.5 Å². The van der Waals surface area contributed by atoms with E-state index < -0.39 is 0 Å². The molecule has 27 heavy (non-hydrogen) atoms. The summed E-state index contributed by atoms with van der Waals surface area (Å²) in [6.07, 6.45) is 1.91. The summed E-state index contributed by atoms with van der Waals surface area (Å²) in [5.41, 5.74) is 4.77. The largest absolute Gasteiger partial charge is 0.354 e. The quantitative estimate of drug-likeness (QED) is 0.664. The molecule has 5 heteroatoms. The fourth-order valence-electron chi connectivity index (χ4n) is 3.68. The molecule has 1 N–H and O–H groups in total. The van der Waals surface area contributed by atoms with Gasteiger partial charge in [0, 0.05) is 35.1 Å². The van der Waals surface area contributed by atoms with E-state index in [1.54, 1.807) is 0 Å². The van der Waals surface area contributed by atoms with Gasteiger partial charge in [-0.2, -0.15) is 4.98 Å². The van der Waals surface area contributed by atoms with Crippen LogP contribution in [0.3, 0.4) is 0 Å². The number of hydrogen-bond donors (Lipinski definition) is 1. The molecule has 138 valence electrons. The third kappa shape index (κ3) is 3.91. The number of benzene rings is 2. The summed E-state index contributed by atoms with van der Waals surface area (Å²) in [6.45, 7) is 5.01. The van der Waals surface area contributed by atoms with Crippen molar-refractivity contribution in [1.82, 2.24) is 9.97 Å². The van der Waals surface area contributed by atoms with Gasteiger partial charge in [0.1, 0.15) is 5.82 Å². The lowest BCUT2D eigenvalue weighted by molar-refractivity contribution is 0.748. The zero-order valence-electron chi connectivity index (χ0n) is 15.6. The lowest BCUT2D eigenvalue weighted by Gasteiger charge is -2.24. The molecule has 0 aliphatic carbocycles. The fraction of sp³-hybridized carbons (Fsp3) is 0.273. The predicted octanol–water partition coefficient (Wildman–Crippen LogP) is 5.18. The summed E-state index contributed by atoms with van der Waals surface area (Å²) in [5.74, 6) is 1.62. The number of rotatable bonds is 5. The van der Waals surface area contributed by atoms with Gasteiger partial charge in [0.05, 0.1) is 0 Å². The van der Waals surface area contributed by atoms with E-state index in [-0.39, 0.29) is 0 Å². The van der Waals surface area contributed by atoms with Crippen LogP contribution in [0.5, 0.6) is 0 Å². The van der Waals surface area contributed by atoms with Crippen LogP contribution in [-0.4, -0.2) is 22.6 Å². The monoisotopic (exact) mass is 378 g/mol. The van der Waals surface area contributed by atoms with Crippen molar-refractivity contribution >= 4 is 29.1 Å². The Morgan fingerprint density at radius 2 is 1.96 bits per heavy atom. The molecular formula is C22H23ClN4. The maximum atomic E-state index is 6.06. The predicted molar refractivity (Wildman–Crippen MR) is 112 cm³/mol. The number of anilines is 3. The van der Waals surface area contributed by atoms with Crippen molar-refractivity contribution in [1.29, 1.82) is 0 Å². The lowest BCUT2D eigenvalue weighted by Crippen LogP contribution is -2.25. The topological polar surface area (TPSA) is 41.1 Å². The molecule has 0 saturated heterocycles. The summed E-state index contributed by atoms with van der Waals surface area (Å²) in [5, 5.41) is 4.13. The summed E-state index contributed by atoms with van der Waals surface area (Å²) in [6, 6.07) is 18.9. The van der Waals surface area contributed by atoms with E-state index in [1.807, 2.05) is 25.1 Å². The molecule has 0 radical (unpaired) electrons. The minimum atomic E-state index is 0.385. The van der Waals surface area contributed by atoms with Crippen molar-refractivity contribution in [3.05, 3.63) is 76.4 Å². The molecule has 1 aromatic heterocycles. The molecule has 1 atom stereocenters. The van der Waals surface area contributed by atoms with Crippen LogP contribution in [-0.2, 0) is 12.8 Å². The van der Waals surface area contributed by atoms with Crippen LogP contribution in [0.15, 0.2) is 54.6 Å². The maximum absolute atomic E-state index is 6.06. The average molecular weight is 379 g/mol. The number of hydrogen-bond acceptors (Lipinski definition) is 4. The molecule has 2 aromatic carbocycles. The van der Waals surface area contributed by atoms with Crippen LogP contribution in [0.25, 0.3) is 0 Å². The molecule has 1 aliphatic heterocycles. The van der Waals surface area contributed by atoms with Crippen LogP contribution >= 0.6 is 11.6 Å². The molecule has 0 bridgehead atoms. The second kappa shape index (κ2) is 7.57. The second-order valence-corrected chi connectivity index (χ2v) is 7.49. The van der Waals surface area contributed by atoms with Crippen LogP contribution in [0.1, 0.15) is 23.7 Å². The van der Waals surface area contributed by atoms with E-state index in [0.29, 0.717) is 12.0 Å². The third-order valence-electron chi connectivity index (χ3n) is 4.88. The van der Waals surface area contributed by atoms with Crippen molar-refractivity contribution in [2.75, 3.05) is 16.8 Å². The first-order valence-corrected chi connectivity index (χ1v) is 9.69. The number of nitrogens with zero attached hydrogens (tertiary/aromatic N) is 3. The highest BCUT2D eigenvalue weighted by Crippen LogP contribution is 2.37. The van der Waals surface area contributed by atoms with Gasteiger partial charge in [0.2, 0.25) is 5.95 Å². The van der Waals surface area contributed by atoms with E-state index in [4.69, 9.17) is 16.6 Å². The lowest BCUT2D eigenvalue weighted by atomic mass is 10.1. The highest BCUT2D eigenvalue weighted by atomic mass is 35.5. The first-order chi connectivity index (χ1) is 13.1. The van der Waals surface area contributed by atoms with Crippen molar-refractivity contribution in [2.24, 2.45) is 0 Å². The Morgan fingerprint density at radius 3 is 2.81 bits per heavy atom. The van der Waals surface area contributed by atoms with E-state index >= 15 is 0 Å². The molecule has 0 saturated carbocycles. The molecule has 0 spiro atoms. The third-order valence-corrected chi connectivity index (χ3v) is 5.12. The summed E-state index contributed by atoms with van der Waals surface area (Å²) >= 11 is 6.06. The minimum absolute atomic E-state index is 0.385. The Bertz CT molecular complexity index is 957. The first-order valence-electron chi connectivity index (χ1n) is 9.31. The maximum Gasteiger partial charge on any atom is 0.224 e. The number of para-hydroxylation sites is 1. The number of fused-ring (bicyclic) bond motifs is 1. The number of aryl methyl sites for hydroxylation is 1. The minimum Gasteiger partial charge on any atom is -0.354 e. The number of aromatic nitrogens is 2. The number of halogens is 1. The van der Waals surface area contributed by atoms with Gasteiger partial charge >= 0.3 is 0 Å². The normalized spacial score (nSPS) is 15.7. The highest BCUT2D eigenvalue weighted by molar-refractivity contribution is 6.30. The molecular weight excluding hydrogens is 356 g/mol. The van der Waals surface area contributed by atoms with Gasteiger partial charge in [-0.25, -0.2) is 4.98 Å². The molecule has 1 unspecified atom stereocenters. The summed E-state index contributed by atoms with van der Waals surface area (Å²) in [7, 11) is 0. The van der Waals surface area contributed by atoms with Gasteiger partial charge in [-0.05, 0) is 56.0 Å². The molecule has 0 fully saturated rings. The van der Waals surface area contributed by atoms with Crippen LogP contribution in [0.4, 0.5) is 17.5 Å². The zero-order valence-corrected chi connectivity index (χ0v) is 16.4. The van der Waals surface area contributed by atoms with E-state index in [9.17, 15) is 0 Å². The summed E-state index contributed by atoms with van der Waals surface area (Å²) < 4.78 is 0. The number of nitrogens with one attached hydrogen (secondary N) is 1. The van der Waals surface area contributed by atoms with Crippen molar-refractivity contribution in [3.8, 4) is 0 Å². The zero-order chi connectivity index (χ0) is 18.8. The molecule has 4 nitrogen and oxygen atoms in total. The van der Waals surface area contributed by atoms with Crippen molar-refractivity contribution in [2.45, 2.75) is 32.7 Å². The Kier molecular flexibility index (Phi) is 4.99. The van der Waals surface area contributed by atoms with Crippen LogP contribution in [0, 0.1) is 6.92 Å². The van der Waals surface area contributed by atoms with E-state index in [0.717, 1.165) is 35.9 Å². The Morgan fingerprint density at radius 1 is 1.11 bits per heavy atom. The second-order valence-electron chi connectivity index (χ2n) is 7.05. The Labute approximate surface area is 165 Å². The smallest absolute Gasteiger partial charge is 0.224 e. The van der Waals surface area contributed by atoms with Gasteiger partial charge < -0.3 is 10.2 Å². The van der Waals surface area contributed by atoms with Crippen LogP contribution in [0.2, 0.25) is 5.02 Å². The SMILES string of the molecule is Cc1cc(N2c3ccccc3CC2C)nc(NCCc2cccc(Cl)c2)n1. The molecule has 4 rings (SSSR count). The summed E-state index contributed by atoms with van der Waals surface area (Å²) in [4.78, 5) is 11.7. The van der Waals surface area contributed by atoms with Gasteiger partial charge in [-0.15, -0.1) is 0 Å². The standard InChI is InChI=1S/C22H23ClN4/c1-15-12-21(27-16(2)13-18-7-3-4-9-20(18)27)26-22(25-15)24-11-10-17-6-5-8-19(23)14-17/h3-9,12,14,16H,10-11,13H2,1-2H3,(H,24,25,26). The van der Waals surface area contributed by atoms with Gasteiger partial charge in [0.25, 0.3) is 0 Å². The molecule has 1 aliphatic rings. The average Bonchev–Trinajstić information content (AvgIpc) is 2.97. The van der Waals surface area contributed by atoms with Gasteiger partial charge in [-0.1, -0.05) is 41.9 Å². The van der Waals surface area contributed by atoms with E-state index in [1.165, 1.54) is 16.8 Å². The molecule has 2 heterocycles. The van der Waals surface area contributed by atoms with Gasteiger partial charge in [0.15, 0.2) is 0 Å². The highest BCUT2D eigenvalue weighted by Gasteiger charge is 2.28. The van der Waals surface area contributed by atoms with Crippen molar-refractivity contribution in [3.63, 3.8) is 0 Å². The fourth-order valence-corrected chi connectivity index (χ4v) is 3.89.